The molecule has 0 saturated carbocycles. The second-order valence-electron chi connectivity index (χ2n) is 7.02. The molecule has 0 bridgehead atoms. The molecular formula is C27H24NP. The smallest absolute Gasteiger partial charge is 0.0639 e. The Morgan fingerprint density at radius 2 is 1.21 bits per heavy atom. The standard InChI is InChI=1S/C27H24NP/c1-22-16-18-23(19-17-22)20-28-21-24-10-8-9-15-27(24)29(25-11-4-2-5-12-25)26-13-6-3-7-14-26/h2-19,21H,20H2,1H3. The van der Waals surface area contributed by atoms with E-state index in [1.807, 2.05) is 6.21 Å². The van der Waals surface area contributed by atoms with Gasteiger partial charge in [-0.1, -0.05) is 115 Å². The minimum Gasteiger partial charge on any atom is -0.288 e. The van der Waals surface area contributed by atoms with Gasteiger partial charge in [0.1, 0.15) is 0 Å². The topological polar surface area (TPSA) is 12.4 Å². The lowest BCUT2D eigenvalue weighted by Gasteiger charge is -2.21. The van der Waals surface area contributed by atoms with Crippen LogP contribution >= 0.6 is 7.92 Å². The molecule has 0 saturated heterocycles. The van der Waals surface area contributed by atoms with Gasteiger partial charge in [-0.25, -0.2) is 0 Å². The van der Waals surface area contributed by atoms with Crippen molar-refractivity contribution in [3.63, 3.8) is 0 Å². The predicted octanol–water partition coefficient (Wildman–Crippen LogP) is 5.37. The van der Waals surface area contributed by atoms with Gasteiger partial charge in [-0.3, -0.25) is 4.99 Å². The SMILES string of the molecule is Cc1ccc(CN=Cc2ccccc2P(c2ccccc2)c2ccccc2)cc1. The highest BCUT2D eigenvalue weighted by Gasteiger charge is 2.18. The van der Waals surface area contributed by atoms with Crippen molar-refractivity contribution in [2.24, 2.45) is 4.99 Å². The van der Waals surface area contributed by atoms with Crippen LogP contribution in [-0.4, -0.2) is 6.21 Å². The van der Waals surface area contributed by atoms with E-state index in [1.54, 1.807) is 0 Å². The van der Waals surface area contributed by atoms with Gasteiger partial charge in [-0.2, -0.15) is 0 Å². The summed E-state index contributed by atoms with van der Waals surface area (Å²) in [6.45, 7) is 2.81. The normalized spacial score (nSPS) is 11.2. The van der Waals surface area contributed by atoms with Crippen LogP contribution in [-0.2, 0) is 6.54 Å². The molecule has 0 atom stereocenters. The van der Waals surface area contributed by atoms with Crippen molar-refractivity contribution in [1.82, 2.24) is 0 Å². The van der Waals surface area contributed by atoms with Crippen LogP contribution < -0.4 is 15.9 Å². The highest BCUT2D eigenvalue weighted by atomic mass is 31.1. The van der Waals surface area contributed by atoms with Gasteiger partial charge in [0.25, 0.3) is 0 Å². The van der Waals surface area contributed by atoms with Crippen molar-refractivity contribution >= 4 is 30.0 Å². The van der Waals surface area contributed by atoms with E-state index in [1.165, 1.54) is 32.6 Å². The van der Waals surface area contributed by atoms with Gasteiger partial charge in [0.15, 0.2) is 0 Å². The Morgan fingerprint density at radius 3 is 1.83 bits per heavy atom. The summed E-state index contributed by atoms with van der Waals surface area (Å²) in [6, 6.07) is 38.9. The molecule has 0 aliphatic rings. The minimum atomic E-state index is -0.633. The molecule has 0 aromatic heterocycles. The fourth-order valence-corrected chi connectivity index (χ4v) is 5.75. The average molecular weight is 393 g/mol. The third kappa shape index (κ3) is 4.88. The Morgan fingerprint density at radius 1 is 0.655 bits per heavy atom. The van der Waals surface area contributed by atoms with Gasteiger partial charge < -0.3 is 0 Å². The molecule has 1 nitrogen and oxygen atoms in total. The zero-order valence-corrected chi connectivity index (χ0v) is 17.5. The highest BCUT2D eigenvalue weighted by Crippen LogP contribution is 2.33. The van der Waals surface area contributed by atoms with Gasteiger partial charge >= 0.3 is 0 Å². The molecule has 0 fully saturated rings. The first kappa shape index (κ1) is 19.3. The molecular weight excluding hydrogens is 369 g/mol. The zero-order chi connectivity index (χ0) is 19.9. The minimum absolute atomic E-state index is 0.633. The quantitative estimate of drug-likeness (QED) is 0.308. The first-order valence-corrected chi connectivity index (χ1v) is 11.2. The molecule has 0 unspecified atom stereocenters. The van der Waals surface area contributed by atoms with E-state index in [4.69, 9.17) is 4.99 Å². The third-order valence-electron chi connectivity index (χ3n) is 4.83. The van der Waals surface area contributed by atoms with E-state index in [2.05, 4.69) is 116 Å². The van der Waals surface area contributed by atoms with Gasteiger partial charge in [0.2, 0.25) is 0 Å². The molecule has 0 radical (unpaired) electrons. The summed E-state index contributed by atoms with van der Waals surface area (Å²) in [4.78, 5) is 4.76. The molecule has 0 spiro atoms. The Balaban J connectivity index is 1.69. The van der Waals surface area contributed by atoms with E-state index in [9.17, 15) is 0 Å². The number of hydrogen-bond acceptors (Lipinski definition) is 1. The molecule has 4 rings (SSSR count). The Labute approximate surface area is 174 Å². The van der Waals surface area contributed by atoms with E-state index < -0.39 is 7.92 Å². The van der Waals surface area contributed by atoms with E-state index in [-0.39, 0.29) is 0 Å². The first-order chi connectivity index (χ1) is 14.3. The third-order valence-corrected chi connectivity index (χ3v) is 7.35. The second-order valence-corrected chi connectivity index (χ2v) is 9.21. The van der Waals surface area contributed by atoms with Crippen LogP contribution in [0.4, 0.5) is 0 Å². The molecule has 2 heteroatoms. The van der Waals surface area contributed by atoms with Crippen LogP contribution in [0.15, 0.2) is 114 Å². The number of rotatable bonds is 6. The van der Waals surface area contributed by atoms with Crippen molar-refractivity contribution in [1.29, 1.82) is 0 Å². The largest absolute Gasteiger partial charge is 0.288 e. The number of aliphatic imine (C=N–C) groups is 1. The fraction of sp³-hybridized carbons (Fsp3) is 0.0741. The van der Waals surface area contributed by atoms with Crippen LogP contribution in [0.1, 0.15) is 16.7 Å². The summed E-state index contributed by atoms with van der Waals surface area (Å²) in [5.41, 5.74) is 3.70. The summed E-state index contributed by atoms with van der Waals surface area (Å²) in [7, 11) is -0.633. The summed E-state index contributed by atoms with van der Waals surface area (Å²) in [5, 5.41) is 4.05. The van der Waals surface area contributed by atoms with Crippen molar-refractivity contribution in [2.75, 3.05) is 0 Å². The molecule has 4 aromatic rings. The summed E-state index contributed by atoms with van der Waals surface area (Å²) < 4.78 is 0. The predicted molar refractivity (Wildman–Crippen MR) is 128 cm³/mol. The number of nitrogens with zero attached hydrogens (tertiary/aromatic N) is 1. The molecule has 4 aromatic carbocycles. The number of benzene rings is 4. The van der Waals surface area contributed by atoms with Crippen molar-refractivity contribution in [3.8, 4) is 0 Å². The maximum atomic E-state index is 4.76. The van der Waals surface area contributed by atoms with Crippen molar-refractivity contribution in [3.05, 3.63) is 126 Å². The van der Waals surface area contributed by atoms with Crippen LogP contribution in [0.2, 0.25) is 0 Å². The average Bonchev–Trinajstić information content (AvgIpc) is 2.78. The Kier molecular flexibility index (Phi) is 6.29. The van der Waals surface area contributed by atoms with E-state index in [0.29, 0.717) is 6.54 Å². The van der Waals surface area contributed by atoms with Gasteiger partial charge in [0.05, 0.1) is 6.54 Å². The molecule has 0 aliphatic heterocycles. The van der Waals surface area contributed by atoms with Crippen molar-refractivity contribution in [2.45, 2.75) is 13.5 Å². The zero-order valence-electron chi connectivity index (χ0n) is 16.6. The summed E-state index contributed by atoms with van der Waals surface area (Å²) in [6.07, 6.45) is 2.04. The first-order valence-electron chi connectivity index (χ1n) is 9.86. The molecule has 29 heavy (non-hydrogen) atoms. The molecule has 0 aliphatic carbocycles. The van der Waals surface area contributed by atoms with Crippen LogP contribution in [0.25, 0.3) is 0 Å². The van der Waals surface area contributed by atoms with Gasteiger partial charge in [-0.15, -0.1) is 0 Å². The lowest BCUT2D eigenvalue weighted by molar-refractivity contribution is 1.07. The Hall–Kier alpha value is -3.02. The monoisotopic (exact) mass is 393 g/mol. The molecule has 0 amide bonds. The van der Waals surface area contributed by atoms with Crippen molar-refractivity contribution < 1.29 is 0 Å². The van der Waals surface area contributed by atoms with E-state index in [0.717, 1.165) is 0 Å². The fourth-order valence-electron chi connectivity index (χ4n) is 3.32. The lowest BCUT2D eigenvalue weighted by Crippen LogP contribution is -2.23. The van der Waals surface area contributed by atoms with Crippen LogP contribution in [0.3, 0.4) is 0 Å². The maximum Gasteiger partial charge on any atom is 0.0639 e. The molecule has 0 N–H and O–H groups in total. The maximum absolute atomic E-state index is 4.76. The summed E-state index contributed by atoms with van der Waals surface area (Å²) >= 11 is 0. The number of hydrogen-bond donors (Lipinski definition) is 0. The van der Waals surface area contributed by atoms with Crippen LogP contribution in [0.5, 0.6) is 0 Å². The molecule has 142 valence electrons. The van der Waals surface area contributed by atoms with Gasteiger partial charge in [0, 0.05) is 11.8 Å². The van der Waals surface area contributed by atoms with Crippen LogP contribution in [0, 0.1) is 6.92 Å². The van der Waals surface area contributed by atoms with E-state index >= 15 is 0 Å². The number of aryl methyl sites for hydroxylation is 1. The highest BCUT2D eigenvalue weighted by molar-refractivity contribution is 7.80. The Bertz CT molecular complexity index is 1030. The second kappa shape index (κ2) is 9.45. The summed E-state index contributed by atoms with van der Waals surface area (Å²) in [5.74, 6) is 0. The van der Waals surface area contributed by atoms with Gasteiger partial charge in [-0.05, 0) is 36.3 Å². The lowest BCUT2D eigenvalue weighted by atomic mass is 10.1. The molecule has 0 heterocycles.